The van der Waals surface area contributed by atoms with Crippen molar-refractivity contribution in [2.75, 3.05) is 10.8 Å². The Hall–Kier alpha value is -2.93. The number of ether oxygens (including phenoxy) is 1. The third kappa shape index (κ3) is 5.16. The minimum absolute atomic E-state index is 0.0606. The summed E-state index contributed by atoms with van der Waals surface area (Å²) >= 11 is 0. The van der Waals surface area contributed by atoms with E-state index in [4.69, 9.17) is 4.74 Å². The average Bonchev–Trinajstić information content (AvgIpc) is 2.73. The molecule has 5 nitrogen and oxygen atoms in total. The van der Waals surface area contributed by atoms with Crippen LogP contribution in [0.5, 0.6) is 5.75 Å². The van der Waals surface area contributed by atoms with Crippen molar-refractivity contribution in [2.45, 2.75) is 32.3 Å². The van der Waals surface area contributed by atoms with Gasteiger partial charge in [0.25, 0.3) is 10.0 Å². The molecule has 0 unspecified atom stereocenters. The fourth-order valence-electron chi connectivity index (χ4n) is 2.99. The number of aromatic nitrogens is 1. The van der Waals surface area contributed by atoms with Crippen LogP contribution in [0, 0.1) is 18.7 Å². The number of pyridine rings is 1. The summed E-state index contributed by atoms with van der Waals surface area (Å²) in [7, 11) is -3.87. The van der Waals surface area contributed by atoms with Crippen LogP contribution < -0.4 is 9.04 Å². The summed E-state index contributed by atoms with van der Waals surface area (Å²) in [6, 6.07) is 14.2. The van der Waals surface area contributed by atoms with Crippen molar-refractivity contribution >= 4 is 15.7 Å². The molecule has 0 N–H and O–H groups in total. The topological polar surface area (TPSA) is 59.5 Å². The SMILES string of the molecule is Cc1ccc(F)cc1N(CC(C)C)S(=O)(=O)c1ccc(OCc2ccncc2)cc1. The predicted molar refractivity (Wildman–Crippen MR) is 116 cm³/mol. The number of hydrogen-bond donors (Lipinski definition) is 0. The number of benzene rings is 2. The largest absolute Gasteiger partial charge is 0.489 e. The smallest absolute Gasteiger partial charge is 0.264 e. The van der Waals surface area contributed by atoms with E-state index in [1.807, 2.05) is 26.0 Å². The molecule has 0 atom stereocenters. The van der Waals surface area contributed by atoms with Crippen LogP contribution in [-0.2, 0) is 16.6 Å². The summed E-state index contributed by atoms with van der Waals surface area (Å²) in [5.41, 5.74) is 2.01. The molecular formula is C23H25FN2O3S. The minimum atomic E-state index is -3.87. The first-order valence-electron chi connectivity index (χ1n) is 9.68. The lowest BCUT2D eigenvalue weighted by atomic mass is 10.1. The molecule has 0 aliphatic rings. The average molecular weight is 429 g/mol. The van der Waals surface area contributed by atoms with Crippen LogP contribution >= 0.6 is 0 Å². The molecule has 158 valence electrons. The Morgan fingerprint density at radius 2 is 1.70 bits per heavy atom. The maximum atomic E-state index is 13.9. The van der Waals surface area contributed by atoms with E-state index in [9.17, 15) is 12.8 Å². The Labute approximate surface area is 177 Å². The zero-order valence-electron chi connectivity index (χ0n) is 17.2. The number of halogens is 1. The van der Waals surface area contributed by atoms with E-state index in [1.165, 1.54) is 28.6 Å². The van der Waals surface area contributed by atoms with Crippen molar-refractivity contribution in [3.8, 4) is 5.75 Å². The number of aryl methyl sites for hydroxylation is 1. The van der Waals surface area contributed by atoms with Gasteiger partial charge >= 0.3 is 0 Å². The lowest BCUT2D eigenvalue weighted by Crippen LogP contribution is -2.34. The zero-order valence-corrected chi connectivity index (χ0v) is 18.1. The molecule has 0 aliphatic carbocycles. The molecule has 30 heavy (non-hydrogen) atoms. The lowest BCUT2D eigenvalue weighted by molar-refractivity contribution is 0.306. The first kappa shape index (κ1) is 21.8. The van der Waals surface area contributed by atoms with E-state index in [-0.39, 0.29) is 17.4 Å². The fourth-order valence-corrected chi connectivity index (χ4v) is 4.67. The van der Waals surface area contributed by atoms with Crippen LogP contribution in [0.2, 0.25) is 0 Å². The summed E-state index contributed by atoms with van der Waals surface area (Å²) in [5.74, 6) is 0.146. The van der Waals surface area contributed by atoms with Gasteiger partial charge in [0.2, 0.25) is 0 Å². The van der Waals surface area contributed by atoms with Gasteiger partial charge in [-0.1, -0.05) is 19.9 Å². The standard InChI is InChI=1S/C23H25FN2O3S/c1-17(2)15-26(23-14-20(24)5-4-18(23)3)30(27,28)22-8-6-21(7-9-22)29-16-19-10-12-25-13-11-19/h4-14,17H,15-16H2,1-3H3. The monoisotopic (exact) mass is 428 g/mol. The molecular weight excluding hydrogens is 403 g/mol. The summed E-state index contributed by atoms with van der Waals surface area (Å²) in [6.45, 7) is 6.22. The first-order valence-corrected chi connectivity index (χ1v) is 11.1. The maximum Gasteiger partial charge on any atom is 0.264 e. The molecule has 0 spiro atoms. The normalized spacial score (nSPS) is 11.5. The first-order chi connectivity index (χ1) is 14.3. The van der Waals surface area contributed by atoms with E-state index < -0.39 is 15.8 Å². The third-order valence-corrected chi connectivity index (χ3v) is 6.33. The zero-order chi connectivity index (χ0) is 21.7. The summed E-state index contributed by atoms with van der Waals surface area (Å²) in [6.07, 6.45) is 3.37. The number of rotatable bonds is 8. The van der Waals surface area contributed by atoms with Gasteiger partial charge in [-0.3, -0.25) is 9.29 Å². The molecule has 1 aromatic heterocycles. The van der Waals surface area contributed by atoms with Gasteiger partial charge in [-0.05, 0) is 72.5 Å². The van der Waals surface area contributed by atoms with Crippen molar-refractivity contribution in [3.05, 3.63) is 83.9 Å². The molecule has 3 aromatic rings. The Kier molecular flexibility index (Phi) is 6.72. The van der Waals surface area contributed by atoms with Crippen LogP contribution in [-0.4, -0.2) is 19.9 Å². The molecule has 2 aromatic carbocycles. The lowest BCUT2D eigenvalue weighted by Gasteiger charge is -2.27. The molecule has 0 aliphatic heterocycles. The highest BCUT2D eigenvalue weighted by Crippen LogP contribution is 2.29. The van der Waals surface area contributed by atoms with E-state index >= 15 is 0 Å². The van der Waals surface area contributed by atoms with Gasteiger partial charge in [0.15, 0.2) is 0 Å². The maximum absolute atomic E-state index is 13.9. The second kappa shape index (κ2) is 9.26. The molecule has 0 radical (unpaired) electrons. The van der Waals surface area contributed by atoms with E-state index in [2.05, 4.69) is 4.98 Å². The van der Waals surface area contributed by atoms with E-state index in [1.54, 1.807) is 37.5 Å². The van der Waals surface area contributed by atoms with Crippen LogP contribution in [0.25, 0.3) is 0 Å². The highest BCUT2D eigenvalue weighted by atomic mass is 32.2. The van der Waals surface area contributed by atoms with Gasteiger partial charge < -0.3 is 4.74 Å². The fraction of sp³-hybridized carbons (Fsp3) is 0.261. The van der Waals surface area contributed by atoms with Crippen LogP contribution in [0.4, 0.5) is 10.1 Å². The summed E-state index contributed by atoms with van der Waals surface area (Å²) < 4.78 is 47.6. The second-order valence-electron chi connectivity index (χ2n) is 7.48. The van der Waals surface area contributed by atoms with Crippen LogP contribution in [0.1, 0.15) is 25.0 Å². The van der Waals surface area contributed by atoms with Crippen LogP contribution in [0.3, 0.4) is 0 Å². The van der Waals surface area contributed by atoms with Gasteiger partial charge in [0.1, 0.15) is 18.2 Å². The summed E-state index contributed by atoms with van der Waals surface area (Å²) in [5, 5.41) is 0. The van der Waals surface area contributed by atoms with E-state index in [0.29, 0.717) is 23.6 Å². The number of nitrogens with zero attached hydrogens (tertiary/aromatic N) is 2. The summed E-state index contributed by atoms with van der Waals surface area (Å²) in [4.78, 5) is 4.09. The molecule has 0 saturated heterocycles. The number of hydrogen-bond acceptors (Lipinski definition) is 4. The Bertz CT molecular complexity index is 1090. The molecule has 0 fully saturated rings. The Morgan fingerprint density at radius 1 is 1.03 bits per heavy atom. The molecule has 1 heterocycles. The Balaban J connectivity index is 1.86. The highest BCUT2D eigenvalue weighted by Gasteiger charge is 2.27. The van der Waals surface area contributed by atoms with Gasteiger partial charge in [-0.15, -0.1) is 0 Å². The quantitative estimate of drug-likeness (QED) is 0.509. The van der Waals surface area contributed by atoms with Crippen molar-refractivity contribution in [1.82, 2.24) is 4.98 Å². The van der Waals surface area contributed by atoms with Gasteiger partial charge in [0.05, 0.1) is 10.6 Å². The second-order valence-corrected chi connectivity index (χ2v) is 9.34. The van der Waals surface area contributed by atoms with Gasteiger partial charge in [0, 0.05) is 18.9 Å². The minimum Gasteiger partial charge on any atom is -0.489 e. The molecule has 0 amide bonds. The number of sulfonamides is 1. The highest BCUT2D eigenvalue weighted by molar-refractivity contribution is 7.92. The molecule has 0 saturated carbocycles. The van der Waals surface area contributed by atoms with Crippen molar-refractivity contribution in [1.29, 1.82) is 0 Å². The van der Waals surface area contributed by atoms with Crippen molar-refractivity contribution < 1.29 is 17.5 Å². The van der Waals surface area contributed by atoms with Gasteiger partial charge in [-0.2, -0.15) is 0 Å². The van der Waals surface area contributed by atoms with Gasteiger partial charge in [-0.25, -0.2) is 12.8 Å². The molecule has 0 bridgehead atoms. The van der Waals surface area contributed by atoms with E-state index in [0.717, 1.165) is 5.56 Å². The van der Waals surface area contributed by atoms with Crippen molar-refractivity contribution in [3.63, 3.8) is 0 Å². The van der Waals surface area contributed by atoms with Crippen molar-refractivity contribution in [2.24, 2.45) is 5.92 Å². The number of anilines is 1. The van der Waals surface area contributed by atoms with Crippen LogP contribution in [0.15, 0.2) is 71.9 Å². The third-order valence-electron chi connectivity index (χ3n) is 4.54. The molecule has 3 rings (SSSR count). The predicted octanol–water partition coefficient (Wildman–Crippen LogP) is 4.96. The molecule has 7 heteroatoms. The Morgan fingerprint density at radius 3 is 2.33 bits per heavy atom.